The van der Waals surface area contributed by atoms with Gasteiger partial charge in [-0.15, -0.1) is 0 Å². The first-order chi connectivity index (χ1) is 10.7. The molecule has 1 fully saturated rings. The van der Waals surface area contributed by atoms with E-state index >= 15 is 0 Å². The number of hydrogen-bond acceptors (Lipinski definition) is 4. The molecule has 0 spiro atoms. The van der Waals surface area contributed by atoms with Gasteiger partial charge in [-0.2, -0.15) is 0 Å². The molecule has 1 saturated heterocycles. The summed E-state index contributed by atoms with van der Waals surface area (Å²) in [5, 5.41) is 6.82. The van der Waals surface area contributed by atoms with Crippen LogP contribution in [0.15, 0.2) is 34.9 Å². The predicted molar refractivity (Wildman–Crippen MR) is 81.9 cm³/mol. The van der Waals surface area contributed by atoms with Crippen LogP contribution in [0.2, 0.25) is 0 Å². The van der Waals surface area contributed by atoms with Crippen molar-refractivity contribution in [1.82, 2.24) is 10.1 Å². The number of amides is 2. The predicted octanol–water partition coefficient (Wildman–Crippen LogP) is 3.36. The number of para-hydroxylation sites is 2. The molecule has 0 saturated carbocycles. The number of carbonyl (C=O) groups excluding carboxylic acids is 1. The van der Waals surface area contributed by atoms with Crippen LogP contribution in [0.3, 0.4) is 0 Å². The number of urea groups is 1. The molecule has 2 aromatic rings. The molecule has 6 heteroatoms. The fourth-order valence-corrected chi connectivity index (χ4v) is 2.78. The first-order valence-electron chi connectivity index (χ1n) is 7.33. The second-order valence-electron chi connectivity index (χ2n) is 5.35. The number of anilines is 1. The van der Waals surface area contributed by atoms with Gasteiger partial charge >= 0.3 is 6.03 Å². The van der Waals surface area contributed by atoms with Gasteiger partial charge in [-0.25, -0.2) is 4.79 Å². The lowest BCUT2D eigenvalue weighted by molar-refractivity contribution is 0.195. The van der Waals surface area contributed by atoms with E-state index in [-0.39, 0.29) is 12.1 Å². The molecule has 1 atom stereocenters. The Kier molecular flexibility index (Phi) is 4.00. The zero-order valence-electron chi connectivity index (χ0n) is 12.7. The van der Waals surface area contributed by atoms with Gasteiger partial charge < -0.3 is 19.5 Å². The summed E-state index contributed by atoms with van der Waals surface area (Å²) in [4.78, 5) is 14.4. The Morgan fingerprint density at radius 1 is 1.45 bits per heavy atom. The van der Waals surface area contributed by atoms with E-state index in [2.05, 4.69) is 10.5 Å². The van der Waals surface area contributed by atoms with Gasteiger partial charge in [-0.3, -0.25) is 0 Å². The van der Waals surface area contributed by atoms with Crippen LogP contribution in [-0.2, 0) is 0 Å². The van der Waals surface area contributed by atoms with Crippen LogP contribution in [-0.4, -0.2) is 29.7 Å². The zero-order valence-corrected chi connectivity index (χ0v) is 12.7. The summed E-state index contributed by atoms with van der Waals surface area (Å²) < 4.78 is 10.6. The number of nitrogens with one attached hydrogen (secondary N) is 1. The van der Waals surface area contributed by atoms with E-state index in [1.165, 1.54) is 0 Å². The van der Waals surface area contributed by atoms with Crippen molar-refractivity contribution >= 4 is 11.7 Å². The molecule has 0 radical (unpaired) electrons. The van der Waals surface area contributed by atoms with Crippen molar-refractivity contribution < 1.29 is 14.1 Å². The van der Waals surface area contributed by atoms with Crippen molar-refractivity contribution in [2.45, 2.75) is 25.8 Å². The van der Waals surface area contributed by atoms with Crippen molar-refractivity contribution in [2.75, 3.05) is 19.0 Å². The van der Waals surface area contributed by atoms with Gasteiger partial charge in [0.05, 0.1) is 24.5 Å². The summed E-state index contributed by atoms with van der Waals surface area (Å²) in [5.41, 5.74) is 1.49. The molecule has 0 unspecified atom stereocenters. The van der Waals surface area contributed by atoms with Crippen LogP contribution >= 0.6 is 0 Å². The van der Waals surface area contributed by atoms with Gasteiger partial charge in [0.1, 0.15) is 5.75 Å². The highest BCUT2D eigenvalue weighted by Gasteiger charge is 2.32. The van der Waals surface area contributed by atoms with E-state index in [9.17, 15) is 4.79 Å². The quantitative estimate of drug-likeness (QED) is 0.944. The fourth-order valence-electron chi connectivity index (χ4n) is 2.78. The SMILES string of the molecule is COc1ccccc1NC(=O)N1CCC[C@H]1c1cc(C)no1. The first kappa shape index (κ1) is 14.4. The molecule has 1 aromatic heterocycles. The van der Waals surface area contributed by atoms with E-state index < -0.39 is 0 Å². The summed E-state index contributed by atoms with van der Waals surface area (Å²) >= 11 is 0. The average Bonchev–Trinajstić information content (AvgIpc) is 3.16. The molecule has 6 nitrogen and oxygen atoms in total. The number of aromatic nitrogens is 1. The van der Waals surface area contributed by atoms with Gasteiger partial charge in [-0.1, -0.05) is 17.3 Å². The van der Waals surface area contributed by atoms with Crippen molar-refractivity contribution in [2.24, 2.45) is 0 Å². The molecular formula is C16H19N3O3. The zero-order chi connectivity index (χ0) is 15.5. The summed E-state index contributed by atoms with van der Waals surface area (Å²) in [6.07, 6.45) is 1.83. The lowest BCUT2D eigenvalue weighted by Crippen LogP contribution is -2.34. The number of hydrogen-bond donors (Lipinski definition) is 1. The minimum absolute atomic E-state index is 0.0593. The molecule has 1 aromatic carbocycles. The van der Waals surface area contributed by atoms with E-state index in [0.717, 1.165) is 24.3 Å². The molecule has 0 bridgehead atoms. The number of carbonyl (C=O) groups is 1. The minimum Gasteiger partial charge on any atom is -0.495 e. The molecule has 1 aliphatic rings. The van der Waals surface area contributed by atoms with Crippen LogP contribution in [0.4, 0.5) is 10.5 Å². The Morgan fingerprint density at radius 2 is 2.27 bits per heavy atom. The first-order valence-corrected chi connectivity index (χ1v) is 7.33. The molecule has 22 heavy (non-hydrogen) atoms. The van der Waals surface area contributed by atoms with Crippen molar-refractivity contribution in [3.63, 3.8) is 0 Å². The van der Waals surface area contributed by atoms with Crippen LogP contribution in [0.1, 0.15) is 30.3 Å². The van der Waals surface area contributed by atoms with Crippen molar-refractivity contribution in [3.8, 4) is 5.75 Å². The largest absolute Gasteiger partial charge is 0.495 e. The number of nitrogens with zero attached hydrogens (tertiary/aromatic N) is 2. The summed E-state index contributed by atoms with van der Waals surface area (Å²) in [6, 6.07) is 9.04. The minimum atomic E-state index is -0.152. The maximum absolute atomic E-state index is 12.6. The topological polar surface area (TPSA) is 67.6 Å². The van der Waals surface area contributed by atoms with Crippen LogP contribution in [0.25, 0.3) is 0 Å². The number of likely N-dealkylation sites (tertiary alicyclic amines) is 1. The van der Waals surface area contributed by atoms with Crippen LogP contribution in [0, 0.1) is 6.92 Å². The van der Waals surface area contributed by atoms with Gasteiger partial charge in [0.15, 0.2) is 5.76 Å². The normalized spacial score (nSPS) is 17.5. The monoisotopic (exact) mass is 301 g/mol. The Hall–Kier alpha value is -2.50. The van der Waals surface area contributed by atoms with E-state index in [0.29, 0.717) is 18.0 Å². The number of rotatable bonds is 3. The van der Waals surface area contributed by atoms with E-state index in [1.807, 2.05) is 37.3 Å². The highest BCUT2D eigenvalue weighted by atomic mass is 16.5. The summed E-state index contributed by atoms with van der Waals surface area (Å²) in [7, 11) is 1.58. The Morgan fingerprint density at radius 3 is 3.00 bits per heavy atom. The molecule has 116 valence electrons. The third-order valence-corrected chi connectivity index (χ3v) is 3.84. The molecule has 2 amide bonds. The molecule has 3 rings (SSSR count). The standard InChI is InChI=1S/C16H19N3O3/c1-11-10-15(22-18-11)13-7-5-9-19(13)16(20)17-12-6-3-4-8-14(12)21-2/h3-4,6,8,10,13H,5,7,9H2,1-2H3,(H,17,20)/t13-/m0/s1. The molecule has 1 aliphatic heterocycles. The highest BCUT2D eigenvalue weighted by Crippen LogP contribution is 2.33. The second kappa shape index (κ2) is 6.09. The fraction of sp³-hybridized carbons (Fsp3) is 0.375. The Bertz CT molecular complexity index is 668. The van der Waals surface area contributed by atoms with Crippen molar-refractivity contribution in [3.05, 3.63) is 41.8 Å². The third-order valence-electron chi connectivity index (χ3n) is 3.84. The maximum atomic E-state index is 12.6. The van der Waals surface area contributed by atoms with E-state index in [1.54, 1.807) is 12.0 Å². The molecule has 0 aliphatic carbocycles. The van der Waals surface area contributed by atoms with Gasteiger partial charge in [0.2, 0.25) is 0 Å². The van der Waals surface area contributed by atoms with Crippen LogP contribution < -0.4 is 10.1 Å². The Labute approximate surface area is 129 Å². The van der Waals surface area contributed by atoms with Crippen molar-refractivity contribution in [1.29, 1.82) is 0 Å². The smallest absolute Gasteiger partial charge is 0.322 e. The third kappa shape index (κ3) is 2.77. The molecule has 2 heterocycles. The maximum Gasteiger partial charge on any atom is 0.322 e. The number of benzene rings is 1. The second-order valence-corrected chi connectivity index (χ2v) is 5.35. The van der Waals surface area contributed by atoms with Crippen LogP contribution in [0.5, 0.6) is 5.75 Å². The lowest BCUT2D eigenvalue weighted by atomic mass is 10.1. The summed E-state index contributed by atoms with van der Waals surface area (Å²) in [5.74, 6) is 1.38. The van der Waals surface area contributed by atoms with Gasteiger partial charge in [0.25, 0.3) is 0 Å². The lowest BCUT2D eigenvalue weighted by Gasteiger charge is -2.23. The number of aryl methyl sites for hydroxylation is 1. The van der Waals surface area contributed by atoms with Gasteiger partial charge in [0, 0.05) is 12.6 Å². The number of ether oxygens (including phenoxy) is 1. The molecular weight excluding hydrogens is 282 g/mol. The Balaban J connectivity index is 1.76. The number of methoxy groups -OCH3 is 1. The summed E-state index contributed by atoms with van der Waals surface area (Å²) in [6.45, 7) is 2.58. The average molecular weight is 301 g/mol. The molecule has 1 N–H and O–H groups in total. The highest BCUT2D eigenvalue weighted by molar-refractivity contribution is 5.91. The van der Waals surface area contributed by atoms with E-state index in [4.69, 9.17) is 9.26 Å². The van der Waals surface area contributed by atoms with Gasteiger partial charge in [-0.05, 0) is 31.9 Å².